The molecule has 120 valence electrons. The average molecular weight is 308 g/mol. The molecule has 1 amide bonds. The smallest absolute Gasteiger partial charge is 0.292 e. The first-order valence-electron chi connectivity index (χ1n) is 7.44. The standard InChI is InChI=1S/C16H21FN2O3/c1-11(2)22-16(18-10-14-7-4-8-21-14)19-15(20)12-5-3-6-13(17)9-12/h3,5-6,9,11,14H,4,7-8,10H2,1-2H3,(H,18,19,20)/t14-/m0/s1. The van der Waals surface area contributed by atoms with Crippen LogP contribution in [0.3, 0.4) is 0 Å². The van der Waals surface area contributed by atoms with E-state index in [0.717, 1.165) is 19.4 Å². The number of nitrogens with one attached hydrogen (secondary N) is 1. The molecule has 0 saturated carbocycles. The Balaban J connectivity index is 2.01. The monoisotopic (exact) mass is 308 g/mol. The number of aliphatic imine (C=N–C) groups is 1. The number of rotatable bonds is 4. The zero-order valence-corrected chi connectivity index (χ0v) is 12.8. The lowest BCUT2D eigenvalue weighted by Gasteiger charge is -2.14. The predicted molar refractivity (Wildman–Crippen MR) is 81.4 cm³/mol. The topological polar surface area (TPSA) is 59.9 Å². The van der Waals surface area contributed by atoms with E-state index in [2.05, 4.69) is 10.3 Å². The van der Waals surface area contributed by atoms with Crippen LogP contribution in [0, 0.1) is 5.82 Å². The molecule has 1 fully saturated rings. The van der Waals surface area contributed by atoms with Gasteiger partial charge in [0.15, 0.2) is 0 Å². The van der Waals surface area contributed by atoms with Crippen molar-refractivity contribution in [3.05, 3.63) is 35.6 Å². The quantitative estimate of drug-likeness (QED) is 0.687. The van der Waals surface area contributed by atoms with Gasteiger partial charge in [-0.25, -0.2) is 9.38 Å². The van der Waals surface area contributed by atoms with Crippen LogP contribution in [0.25, 0.3) is 0 Å². The number of hydrogen-bond acceptors (Lipinski definition) is 4. The van der Waals surface area contributed by atoms with Crippen LogP contribution in [-0.4, -0.2) is 37.3 Å². The molecule has 2 rings (SSSR count). The third-order valence-electron chi connectivity index (χ3n) is 3.12. The van der Waals surface area contributed by atoms with Crippen molar-refractivity contribution in [2.75, 3.05) is 13.2 Å². The van der Waals surface area contributed by atoms with E-state index >= 15 is 0 Å². The summed E-state index contributed by atoms with van der Waals surface area (Å²) in [4.78, 5) is 16.4. The SMILES string of the molecule is CC(C)OC(=NC[C@@H]1CCCO1)NC(=O)c1cccc(F)c1. The molecule has 1 aromatic carbocycles. The maximum absolute atomic E-state index is 13.2. The molecule has 0 aromatic heterocycles. The molecule has 22 heavy (non-hydrogen) atoms. The van der Waals surface area contributed by atoms with Gasteiger partial charge in [-0.15, -0.1) is 0 Å². The molecular weight excluding hydrogens is 287 g/mol. The van der Waals surface area contributed by atoms with Gasteiger partial charge < -0.3 is 9.47 Å². The van der Waals surface area contributed by atoms with Crippen LogP contribution in [0.4, 0.5) is 4.39 Å². The highest BCUT2D eigenvalue weighted by molar-refractivity contribution is 6.04. The molecule has 1 aliphatic rings. The summed E-state index contributed by atoms with van der Waals surface area (Å²) in [5, 5.41) is 2.58. The van der Waals surface area contributed by atoms with E-state index in [1.54, 1.807) is 0 Å². The Morgan fingerprint density at radius 3 is 3.00 bits per heavy atom. The van der Waals surface area contributed by atoms with Gasteiger partial charge in [0.2, 0.25) is 0 Å². The fourth-order valence-corrected chi connectivity index (χ4v) is 2.10. The molecule has 0 aliphatic carbocycles. The lowest BCUT2D eigenvalue weighted by Crippen LogP contribution is -2.35. The van der Waals surface area contributed by atoms with Gasteiger partial charge in [-0.1, -0.05) is 6.07 Å². The van der Waals surface area contributed by atoms with Gasteiger partial charge >= 0.3 is 0 Å². The highest BCUT2D eigenvalue weighted by Gasteiger charge is 2.17. The summed E-state index contributed by atoms with van der Waals surface area (Å²) in [6, 6.07) is 5.61. The Morgan fingerprint density at radius 2 is 2.36 bits per heavy atom. The third-order valence-corrected chi connectivity index (χ3v) is 3.12. The second kappa shape index (κ2) is 7.89. The molecule has 0 radical (unpaired) electrons. The maximum Gasteiger partial charge on any atom is 0.292 e. The van der Waals surface area contributed by atoms with E-state index in [4.69, 9.17) is 9.47 Å². The molecule has 5 nitrogen and oxygen atoms in total. The average Bonchev–Trinajstić information content (AvgIpc) is 2.97. The van der Waals surface area contributed by atoms with Crippen LogP contribution < -0.4 is 5.32 Å². The Labute approximate surface area is 129 Å². The first kappa shape index (κ1) is 16.4. The second-order valence-corrected chi connectivity index (χ2v) is 5.41. The number of ether oxygens (including phenoxy) is 2. The van der Waals surface area contributed by atoms with Gasteiger partial charge in [-0.2, -0.15) is 0 Å². The zero-order chi connectivity index (χ0) is 15.9. The Bertz CT molecular complexity index is 540. The minimum absolute atomic E-state index is 0.0665. The second-order valence-electron chi connectivity index (χ2n) is 5.41. The summed E-state index contributed by atoms with van der Waals surface area (Å²) >= 11 is 0. The molecule has 1 heterocycles. The number of benzene rings is 1. The molecule has 0 spiro atoms. The van der Waals surface area contributed by atoms with Crippen molar-refractivity contribution < 1.29 is 18.7 Å². The van der Waals surface area contributed by atoms with Gasteiger partial charge in [-0.05, 0) is 44.9 Å². The molecule has 1 saturated heterocycles. The van der Waals surface area contributed by atoms with Crippen LogP contribution in [0.15, 0.2) is 29.3 Å². The lowest BCUT2D eigenvalue weighted by atomic mass is 10.2. The molecule has 0 bridgehead atoms. The van der Waals surface area contributed by atoms with Gasteiger partial charge in [0, 0.05) is 12.2 Å². The molecule has 1 aromatic rings. The van der Waals surface area contributed by atoms with E-state index in [1.165, 1.54) is 24.3 Å². The van der Waals surface area contributed by atoms with Gasteiger partial charge in [0.05, 0.1) is 18.8 Å². The predicted octanol–water partition coefficient (Wildman–Crippen LogP) is 2.52. The van der Waals surface area contributed by atoms with Crippen molar-refractivity contribution in [2.24, 2.45) is 4.99 Å². The molecule has 0 unspecified atom stereocenters. The van der Waals surface area contributed by atoms with Crippen LogP contribution in [0.1, 0.15) is 37.0 Å². The first-order chi connectivity index (χ1) is 10.5. The largest absolute Gasteiger partial charge is 0.462 e. The number of carbonyl (C=O) groups excluding carboxylic acids is 1. The van der Waals surface area contributed by atoms with Gasteiger partial charge in [0.1, 0.15) is 5.82 Å². The number of amidine groups is 1. The summed E-state index contributed by atoms with van der Waals surface area (Å²) in [5.41, 5.74) is 0.220. The van der Waals surface area contributed by atoms with E-state index in [9.17, 15) is 9.18 Å². The number of halogens is 1. The maximum atomic E-state index is 13.2. The Hall–Kier alpha value is -1.95. The Morgan fingerprint density at radius 1 is 1.55 bits per heavy atom. The van der Waals surface area contributed by atoms with Crippen LogP contribution in [-0.2, 0) is 9.47 Å². The summed E-state index contributed by atoms with van der Waals surface area (Å²) in [7, 11) is 0. The molecule has 1 aliphatic heterocycles. The van der Waals surface area contributed by atoms with E-state index in [1.807, 2.05) is 13.8 Å². The highest BCUT2D eigenvalue weighted by Crippen LogP contribution is 2.12. The van der Waals surface area contributed by atoms with Crippen LogP contribution in [0.2, 0.25) is 0 Å². The normalized spacial score (nSPS) is 18.5. The van der Waals surface area contributed by atoms with Crippen molar-refractivity contribution in [3.8, 4) is 0 Å². The molecule has 6 heteroatoms. The van der Waals surface area contributed by atoms with Crippen molar-refractivity contribution in [3.63, 3.8) is 0 Å². The number of carbonyl (C=O) groups is 1. The molecule has 1 atom stereocenters. The van der Waals surface area contributed by atoms with E-state index < -0.39 is 11.7 Å². The Kier molecular flexibility index (Phi) is 5.89. The number of hydrogen-bond donors (Lipinski definition) is 1. The van der Waals surface area contributed by atoms with Crippen LogP contribution >= 0.6 is 0 Å². The van der Waals surface area contributed by atoms with Gasteiger partial charge in [0.25, 0.3) is 11.9 Å². The van der Waals surface area contributed by atoms with Crippen molar-refractivity contribution in [1.82, 2.24) is 5.32 Å². The van der Waals surface area contributed by atoms with E-state index in [-0.39, 0.29) is 23.8 Å². The fourth-order valence-electron chi connectivity index (χ4n) is 2.10. The van der Waals surface area contributed by atoms with Crippen molar-refractivity contribution in [1.29, 1.82) is 0 Å². The van der Waals surface area contributed by atoms with E-state index in [0.29, 0.717) is 6.54 Å². The minimum Gasteiger partial charge on any atom is -0.462 e. The molecular formula is C16H21FN2O3. The zero-order valence-electron chi connectivity index (χ0n) is 12.8. The lowest BCUT2D eigenvalue weighted by molar-refractivity contribution is 0.0955. The first-order valence-corrected chi connectivity index (χ1v) is 7.44. The third kappa shape index (κ3) is 5.11. The van der Waals surface area contributed by atoms with Crippen molar-refractivity contribution >= 4 is 11.9 Å². The summed E-state index contributed by atoms with van der Waals surface area (Å²) in [6.07, 6.45) is 1.92. The summed E-state index contributed by atoms with van der Waals surface area (Å²) < 4.78 is 24.2. The van der Waals surface area contributed by atoms with Gasteiger partial charge in [-0.3, -0.25) is 10.1 Å². The summed E-state index contributed by atoms with van der Waals surface area (Å²) in [6.45, 7) is 4.87. The summed E-state index contributed by atoms with van der Waals surface area (Å²) in [5.74, 6) is -0.915. The number of amides is 1. The fraction of sp³-hybridized carbons (Fsp3) is 0.500. The molecule has 1 N–H and O–H groups in total. The van der Waals surface area contributed by atoms with Crippen molar-refractivity contribution in [2.45, 2.75) is 38.9 Å². The number of nitrogens with zero attached hydrogens (tertiary/aromatic N) is 1. The minimum atomic E-state index is -0.463. The van der Waals surface area contributed by atoms with Crippen LogP contribution in [0.5, 0.6) is 0 Å². The highest BCUT2D eigenvalue weighted by atomic mass is 19.1.